The molecule has 0 bridgehead atoms. The molecule has 0 saturated heterocycles. The number of rotatable bonds is 5. The summed E-state index contributed by atoms with van der Waals surface area (Å²) < 4.78 is 1.20. The fourth-order valence-electron chi connectivity index (χ4n) is 1.43. The van der Waals surface area contributed by atoms with Gasteiger partial charge in [-0.2, -0.15) is 5.10 Å². The van der Waals surface area contributed by atoms with Crippen molar-refractivity contribution >= 4 is 58.2 Å². The molecule has 21 heavy (non-hydrogen) atoms. The second-order valence-electron chi connectivity index (χ2n) is 3.94. The molecule has 1 aromatic carbocycles. The van der Waals surface area contributed by atoms with E-state index in [1.54, 1.807) is 29.3 Å². The summed E-state index contributed by atoms with van der Waals surface area (Å²) in [6, 6.07) is 11.9. The van der Waals surface area contributed by atoms with Crippen LogP contribution in [0.1, 0.15) is 11.8 Å². The Balaban J connectivity index is 1.90. The summed E-state index contributed by atoms with van der Waals surface area (Å²) in [6.07, 6.45) is 1.76. The lowest BCUT2D eigenvalue weighted by Crippen LogP contribution is -2.31. The van der Waals surface area contributed by atoms with E-state index in [1.165, 1.54) is 4.21 Å². The molecule has 110 valence electrons. The third-order valence-corrected chi connectivity index (χ3v) is 4.98. The van der Waals surface area contributed by atoms with Gasteiger partial charge in [0.05, 0.1) is 10.4 Å². The lowest BCUT2D eigenvalue weighted by Gasteiger charge is -2.01. The van der Waals surface area contributed by atoms with Crippen LogP contribution in [0.15, 0.2) is 50.6 Å². The Morgan fingerprint density at radius 3 is 2.81 bits per heavy atom. The molecular weight excluding hydrogens is 342 g/mol. The normalized spacial score (nSPS) is 10.8. The van der Waals surface area contributed by atoms with Crippen molar-refractivity contribution in [1.82, 2.24) is 10.7 Å². The van der Waals surface area contributed by atoms with Gasteiger partial charge < -0.3 is 5.32 Å². The Labute approximate surface area is 142 Å². The van der Waals surface area contributed by atoms with Gasteiger partial charge in [0.15, 0.2) is 5.11 Å². The fourth-order valence-corrected chi connectivity index (χ4v) is 3.75. The molecule has 3 nitrogen and oxygen atoms in total. The first-order valence-corrected chi connectivity index (χ1v) is 8.69. The maximum Gasteiger partial charge on any atom is 0.186 e. The van der Waals surface area contributed by atoms with Gasteiger partial charge in [-0.3, -0.25) is 5.43 Å². The molecule has 0 unspecified atom stereocenters. The van der Waals surface area contributed by atoms with Gasteiger partial charge in [-0.1, -0.05) is 23.4 Å². The van der Waals surface area contributed by atoms with Gasteiger partial charge >= 0.3 is 0 Å². The SMILES string of the molecule is CCNC(=S)NN=Cc1ccc(Sc2ccc(Cl)cc2)s1. The van der Waals surface area contributed by atoms with Crippen LogP contribution >= 0.6 is 46.9 Å². The number of halogens is 1. The Morgan fingerprint density at radius 1 is 1.33 bits per heavy atom. The van der Waals surface area contributed by atoms with E-state index >= 15 is 0 Å². The van der Waals surface area contributed by atoms with Crippen LogP contribution < -0.4 is 10.7 Å². The number of thiocarbonyl (C=S) groups is 1. The summed E-state index contributed by atoms with van der Waals surface area (Å²) in [5.74, 6) is 0. The summed E-state index contributed by atoms with van der Waals surface area (Å²) in [5, 5.41) is 8.35. The summed E-state index contributed by atoms with van der Waals surface area (Å²) >= 11 is 14.3. The minimum atomic E-state index is 0.529. The van der Waals surface area contributed by atoms with Gasteiger partial charge in [-0.15, -0.1) is 11.3 Å². The Kier molecular flexibility index (Phi) is 6.50. The predicted molar refractivity (Wildman–Crippen MR) is 96.9 cm³/mol. The zero-order chi connectivity index (χ0) is 15.1. The number of hydrazone groups is 1. The molecule has 0 atom stereocenters. The number of hydrogen-bond acceptors (Lipinski definition) is 4. The highest BCUT2D eigenvalue weighted by Crippen LogP contribution is 2.33. The van der Waals surface area contributed by atoms with E-state index in [0.29, 0.717) is 5.11 Å². The number of hydrogen-bond donors (Lipinski definition) is 2. The molecule has 0 spiro atoms. The molecule has 0 saturated carbocycles. The van der Waals surface area contributed by atoms with Crippen molar-refractivity contribution in [2.24, 2.45) is 5.10 Å². The van der Waals surface area contributed by atoms with Gasteiger partial charge in [-0.05, 0) is 55.5 Å². The summed E-state index contributed by atoms with van der Waals surface area (Å²) in [6.45, 7) is 2.76. The number of thiophene rings is 1. The smallest absolute Gasteiger partial charge is 0.186 e. The molecule has 0 aliphatic rings. The van der Waals surface area contributed by atoms with Gasteiger partial charge in [-0.25, -0.2) is 0 Å². The van der Waals surface area contributed by atoms with Crippen LogP contribution in [0.3, 0.4) is 0 Å². The standard InChI is InChI=1S/C14H14ClN3S3/c1-2-16-14(19)18-17-9-12-7-8-13(21-12)20-11-5-3-10(15)4-6-11/h3-9H,2H2,1H3,(H2,16,18,19). The molecule has 0 aliphatic carbocycles. The molecule has 7 heteroatoms. The quantitative estimate of drug-likeness (QED) is 0.474. The van der Waals surface area contributed by atoms with Crippen LogP contribution in [0.2, 0.25) is 5.02 Å². The van der Waals surface area contributed by atoms with E-state index in [-0.39, 0.29) is 0 Å². The molecule has 2 N–H and O–H groups in total. The zero-order valence-corrected chi connectivity index (χ0v) is 14.5. The molecule has 0 amide bonds. The lowest BCUT2D eigenvalue weighted by atomic mass is 10.4. The first kappa shape index (κ1) is 16.3. The summed E-state index contributed by atoms with van der Waals surface area (Å²) in [4.78, 5) is 2.23. The van der Waals surface area contributed by atoms with E-state index in [1.807, 2.05) is 37.3 Å². The van der Waals surface area contributed by atoms with E-state index in [9.17, 15) is 0 Å². The number of nitrogens with one attached hydrogen (secondary N) is 2. The summed E-state index contributed by atoms with van der Waals surface area (Å²) in [7, 11) is 0. The Morgan fingerprint density at radius 2 is 2.10 bits per heavy atom. The second-order valence-corrected chi connectivity index (χ2v) is 7.28. The van der Waals surface area contributed by atoms with Crippen LogP contribution in [0.4, 0.5) is 0 Å². The van der Waals surface area contributed by atoms with E-state index in [2.05, 4.69) is 21.9 Å². The fraction of sp³-hybridized carbons (Fsp3) is 0.143. The highest BCUT2D eigenvalue weighted by atomic mass is 35.5. The minimum absolute atomic E-state index is 0.529. The first-order valence-electron chi connectivity index (χ1n) is 6.27. The molecule has 0 fully saturated rings. The van der Waals surface area contributed by atoms with Gasteiger partial charge in [0.25, 0.3) is 0 Å². The summed E-state index contributed by atoms with van der Waals surface area (Å²) in [5.41, 5.74) is 2.77. The molecule has 1 heterocycles. The third-order valence-electron chi connectivity index (χ3n) is 2.33. The van der Waals surface area contributed by atoms with Crippen LogP contribution in [-0.4, -0.2) is 17.9 Å². The van der Waals surface area contributed by atoms with Crippen molar-refractivity contribution in [3.05, 3.63) is 46.3 Å². The van der Waals surface area contributed by atoms with Crippen LogP contribution in [-0.2, 0) is 0 Å². The third kappa shape index (κ3) is 5.67. The maximum absolute atomic E-state index is 5.88. The second kappa shape index (κ2) is 8.38. The molecule has 0 aliphatic heterocycles. The van der Waals surface area contributed by atoms with Crippen LogP contribution in [0, 0.1) is 0 Å². The van der Waals surface area contributed by atoms with Crippen molar-refractivity contribution in [3.8, 4) is 0 Å². The van der Waals surface area contributed by atoms with Gasteiger partial charge in [0, 0.05) is 21.3 Å². The monoisotopic (exact) mass is 355 g/mol. The Hall–Kier alpha value is -1.08. The zero-order valence-electron chi connectivity index (χ0n) is 11.3. The highest BCUT2D eigenvalue weighted by Gasteiger charge is 2.01. The minimum Gasteiger partial charge on any atom is -0.362 e. The number of benzene rings is 1. The van der Waals surface area contributed by atoms with E-state index in [4.69, 9.17) is 23.8 Å². The van der Waals surface area contributed by atoms with E-state index < -0.39 is 0 Å². The van der Waals surface area contributed by atoms with Crippen molar-refractivity contribution in [2.75, 3.05) is 6.54 Å². The highest BCUT2D eigenvalue weighted by molar-refractivity contribution is 8.01. The molecular formula is C14H14ClN3S3. The van der Waals surface area contributed by atoms with E-state index in [0.717, 1.165) is 21.3 Å². The number of nitrogens with zero attached hydrogens (tertiary/aromatic N) is 1. The van der Waals surface area contributed by atoms with Gasteiger partial charge in [0.2, 0.25) is 0 Å². The van der Waals surface area contributed by atoms with Crippen molar-refractivity contribution < 1.29 is 0 Å². The van der Waals surface area contributed by atoms with Crippen LogP contribution in [0.5, 0.6) is 0 Å². The average Bonchev–Trinajstić information content (AvgIpc) is 2.89. The van der Waals surface area contributed by atoms with Gasteiger partial charge in [0.1, 0.15) is 0 Å². The lowest BCUT2D eigenvalue weighted by molar-refractivity contribution is 0.904. The average molecular weight is 356 g/mol. The van der Waals surface area contributed by atoms with Crippen molar-refractivity contribution in [2.45, 2.75) is 16.0 Å². The topological polar surface area (TPSA) is 36.4 Å². The maximum atomic E-state index is 5.88. The molecule has 2 rings (SSSR count). The van der Waals surface area contributed by atoms with Crippen molar-refractivity contribution in [3.63, 3.8) is 0 Å². The largest absolute Gasteiger partial charge is 0.362 e. The Bertz CT molecular complexity index is 623. The molecule has 1 aromatic heterocycles. The predicted octanol–water partition coefficient (Wildman–Crippen LogP) is 4.37. The van der Waals surface area contributed by atoms with Crippen molar-refractivity contribution in [1.29, 1.82) is 0 Å². The molecule has 2 aromatic rings. The first-order chi connectivity index (χ1) is 10.2. The van der Waals surface area contributed by atoms with Crippen LogP contribution in [0.25, 0.3) is 0 Å². The molecule has 0 radical (unpaired) electrons.